The molecule has 1 aliphatic rings. The van der Waals surface area contributed by atoms with Crippen LogP contribution in [0.25, 0.3) is 0 Å². The Hall–Kier alpha value is -2.27. The summed E-state index contributed by atoms with van der Waals surface area (Å²) in [5.41, 5.74) is 1.13. The molecule has 1 unspecified atom stereocenters. The lowest BCUT2D eigenvalue weighted by Crippen LogP contribution is -2.32. The molecule has 0 heterocycles. The monoisotopic (exact) mass is 400 g/mol. The minimum absolute atomic E-state index is 0.0973. The Morgan fingerprint density at radius 2 is 1.79 bits per heavy atom. The molecule has 2 aromatic rings. The molecule has 0 bridgehead atoms. The van der Waals surface area contributed by atoms with Gasteiger partial charge in [-0.25, -0.2) is 8.78 Å². The minimum Gasteiger partial charge on any atom is -0.352 e. The normalized spacial score (nSPS) is 20.4. The topological polar surface area (TPSA) is 32.3 Å². The van der Waals surface area contributed by atoms with Crippen LogP contribution in [0.4, 0.5) is 8.78 Å². The number of carbonyl (C=O) groups excluding carboxylic acids is 1. The van der Waals surface area contributed by atoms with Gasteiger partial charge in [0.2, 0.25) is 0 Å². The third kappa shape index (κ3) is 5.63. The van der Waals surface area contributed by atoms with E-state index in [0.717, 1.165) is 37.7 Å². The molecule has 5 heteroatoms. The third-order valence-electron chi connectivity index (χ3n) is 6.04. The lowest BCUT2D eigenvalue weighted by Gasteiger charge is -2.37. The lowest BCUT2D eigenvalue weighted by atomic mass is 9.75. The van der Waals surface area contributed by atoms with Crippen LogP contribution in [0.2, 0.25) is 0 Å². The first-order chi connectivity index (χ1) is 14.0. The first kappa shape index (κ1) is 21.4. The molecule has 1 amide bonds. The second-order valence-corrected chi connectivity index (χ2v) is 8.27. The number of rotatable bonds is 7. The summed E-state index contributed by atoms with van der Waals surface area (Å²) >= 11 is 0. The number of amides is 1. The van der Waals surface area contributed by atoms with Gasteiger partial charge in [0.15, 0.2) is 0 Å². The van der Waals surface area contributed by atoms with E-state index in [9.17, 15) is 13.6 Å². The zero-order valence-corrected chi connectivity index (χ0v) is 17.2. The molecule has 3 rings (SSSR count). The molecule has 1 N–H and O–H groups in total. The zero-order chi connectivity index (χ0) is 20.8. The summed E-state index contributed by atoms with van der Waals surface area (Å²) in [6, 6.07) is 13.2. The lowest BCUT2D eigenvalue weighted by molar-refractivity contribution is 0.0943. The van der Waals surface area contributed by atoms with Gasteiger partial charge in [-0.05, 0) is 75.0 Å². The van der Waals surface area contributed by atoms with Crippen molar-refractivity contribution in [2.45, 2.75) is 38.1 Å². The van der Waals surface area contributed by atoms with Crippen molar-refractivity contribution in [3.05, 3.63) is 71.3 Å². The van der Waals surface area contributed by atoms with Crippen molar-refractivity contribution in [2.24, 2.45) is 11.8 Å². The number of nitrogens with zero attached hydrogens (tertiary/aromatic N) is 1. The largest absolute Gasteiger partial charge is 0.352 e. The van der Waals surface area contributed by atoms with Crippen LogP contribution in [-0.4, -0.2) is 31.4 Å². The number of benzene rings is 2. The number of nitrogens with one attached hydrogen (secondary N) is 1. The highest BCUT2D eigenvalue weighted by molar-refractivity contribution is 5.94. The van der Waals surface area contributed by atoms with Crippen LogP contribution in [0.1, 0.15) is 54.1 Å². The van der Waals surface area contributed by atoms with E-state index in [-0.39, 0.29) is 23.3 Å². The van der Waals surface area contributed by atoms with Crippen molar-refractivity contribution in [2.75, 3.05) is 20.6 Å². The average Bonchev–Trinajstić information content (AvgIpc) is 2.69. The van der Waals surface area contributed by atoms with Crippen molar-refractivity contribution in [1.29, 1.82) is 0 Å². The van der Waals surface area contributed by atoms with E-state index in [1.54, 1.807) is 24.3 Å². The van der Waals surface area contributed by atoms with Crippen LogP contribution >= 0.6 is 0 Å². The third-order valence-corrected chi connectivity index (χ3v) is 6.04. The van der Waals surface area contributed by atoms with Crippen LogP contribution in [0.3, 0.4) is 0 Å². The highest BCUT2D eigenvalue weighted by Gasteiger charge is 2.30. The molecule has 1 fully saturated rings. The number of hydrogen-bond donors (Lipinski definition) is 1. The highest BCUT2D eigenvalue weighted by Crippen LogP contribution is 2.40. The molecule has 1 atom stereocenters. The fourth-order valence-corrected chi connectivity index (χ4v) is 4.61. The van der Waals surface area contributed by atoms with Crippen LogP contribution in [0, 0.1) is 23.5 Å². The second kappa shape index (κ2) is 9.97. The van der Waals surface area contributed by atoms with Crippen molar-refractivity contribution in [3.63, 3.8) is 0 Å². The van der Waals surface area contributed by atoms with Gasteiger partial charge >= 0.3 is 0 Å². The zero-order valence-electron chi connectivity index (χ0n) is 17.2. The fourth-order valence-electron chi connectivity index (χ4n) is 4.61. The van der Waals surface area contributed by atoms with Crippen molar-refractivity contribution in [1.82, 2.24) is 10.2 Å². The molecule has 1 aliphatic carbocycles. The Bertz CT molecular complexity index is 816. The van der Waals surface area contributed by atoms with E-state index >= 15 is 0 Å². The Kier molecular flexibility index (Phi) is 7.37. The summed E-state index contributed by atoms with van der Waals surface area (Å²) in [6.45, 7) is 0.559. The maximum Gasteiger partial charge on any atom is 0.254 e. The second-order valence-electron chi connectivity index (χ2n) is 8.27. The Morgan fingerprint density at radius 1 is 1.07 bits per heavy atom. The maximum atomic E-state index is 13.7. The summed E-state index contributed by atoms with van der Waals surface area (Å²) in [4.78, 5) is 14.3. The molecule has 2 aromatic carbocycles. The van der Waals surface area contributed by atoms with Crippen molar-refractivity contribution >= 4 is 5.91 Å². The quantitative estimate of drug-likeness (QED) is 0.693. The summed E-state index contributed by atoms with van der Waals surface area (Å²) in [5, 5.41) is 2.84. The molecule has 156 valence electrons. The summed E-state index contributed by atoms with van der Waals surface area (Å²) in [7, 11) is 4.11. The number of halogens is 2. The molecule has 29 heavy (non-hydrogen) atoms. The predicted octanol–water partition coefficient (Wildman–Crippen LogP) is 5.19. The molecular weight excluding hydrogens is 370 g/mol. The predicted molar refractivity (Wildman–Crippen MR) is 112 cm³/mol. The van der Waals surface area contributed by atoms with Crippen molar-refractivity contribution in [3.8, 4) is 0 Å². The summed E-state index contributed by atoms with van der Waals surface area (Å²) in [5.74, 6) is 0.0281. The molecule has 0 aliphatic heterocycles. The fraction of sp³-hybridized carbons (Fsp3) is 0.458. The van der Waals surface area contributed by atoms with Crippen LogP contribution in [0.15, 0.2) is 48.5 Å². The van der Waals surface area contributed by atoms with Gasteiger partial charge in [-0.3, -0.25) is 4.79 Å². The van der Waals surface area contributed by atoms with Gasteiger partial charge in [-0.2, -0.15) is 0 Å². The van der Waals surface area contributed by atoms with Gasteiger partial charge in [-0.1, -0.05) is 37.1 Å². The van der Waals surface area contributed by atoms with Crippen LogP contribution in [0.5, 0.6) is 0 Å². The molecule has 0 saturated heterocycles. The molecule has 0 aromatic heterocycles. The van der Waals surface area contributed by atoms with Gasteiger partial charge in [0.1, 0.15) is 11.6 Å². The molecule has 3 nitrogen and oxygen atoms in total. The van der Waals surface area contributed by atoms with Crippen molar-refractivity contribution < 1.29 is 13.6 Å². The van der Waals surface area contributed by atoms with Gasteiger partial charge < -0.3 is 10.2 Å². The summed E-state index contributed by atoms with van der Waals surface area (Å²) < 4.78 is 27.4. The van der Waals surface area contributed by atoms with Crippen LogP contribution in [-0.2, 0) is 0 Å². The van der Waals surface area contributed by atoms with Crippen LogP contribution < -0.4 is 5.32 Å². The standard InChI is InChI=1S/C24H30F2N2O/c1-28(2)23(19-6-5-7-20(25)16-19)18-12-10-17(11-13-18)14-15-27-24(29)21-8-3-4-9-22(21)26/h3-9,16-18,23H,10-15H2,1-2H3,(H,27,29). The first-order valence-electron chi connectivity index (χ1n) is 10.4. The first-order valence-corrected chi connectivity index (χ1v) is 10.4. The smallest absolute Gasteiger partial charge is 0.254 e. The summed E-state index contributed by atoms with van der Waals surface area (Å²) in [6.07, 6.45) is 5.27. The molecular formula is C24H30F2N2O. The number of hydrogen-bond acceptors (Lipinski definition) is 2. The average molecular weight is 401 g/mol. The van der Waals surface area contributed by atoms with Gasteiger partial charge in [0.25, 0.3) is 5.91 Å². The Morgan fingerprint density at radius 3 is 2.45 bits per heavy atom. The minimum atomic E-state index is -0.488. The highest BCUT2D eigenvalue weighted by atomic mass is 19.1. The van der Waals surface area contributed by atoms with Gasteiger partial charge in [0, 0.05) is 12.6 Å². The SMILES string of the molecule is CN(C)C(c1cccc(F)c1)C1CCC(CCNC(=O)c2ccccc2F)CC1. The molecule has 1 saturated carbocycles. The van der Waals surface area contributed by atoms with E-state index in [0.29, 0.717) is 18.4 Å². The van der Waals surface area contributed by atoms with E-state index in [4.69, 9.17) is 0 Å². The Labute approximate surface area is 172 Å². The van der Waals surface area contributed by atoms with Gasteiger partial charge in [-0.15, -0.1) is 0 Å². The van der Waals surface area contributed by atoms with E-state index in [2.05, 4.69) is 24.3 Å². The molecule has 0 spiro atoms. The van der Waals surface area contributed by atoms with E-state index < -0.39 is 5.82 Å². The number of carbonyl (C=O) groups is 1. The van der Waals surface area contributed by atoms with E-state index in [1.165, 1.54) is 18.2 Å². The van der Waals surface area contributed by atoms with E-state index in [1.807, 2.05) is 6.07 Å². The maximum absolute atomic E-state index is 13.7. The molecule has 0 radical (unpaired) electrons. The van der Waals surface area contributed by atoms with Gasteiger partial charge in [0.05, 0.1) is 5.56 Å². The Balaban J connectivity index is 1.48.